The maximum atomic E-state index is 12.7. The molecule has 0 atom stereocenters. The first kappa shape index (κ1) is 12.5. The minimum Gasteiger partial charge on any atom is -0.491 e. The van der Waals surface area contributed by atoms with Crippen molar-refractivity contribution in [1.82, 2.24) is 4.98 Å². The third kappa shape index (κ3) is 2.18. The zero-order chi connectivity index (χ0) is 13.9. The van der Waals surface area contributed by atoms with Crippen molar-refractivity contribution < 1.29 is 9.53 Å². The molecular formula is C15H15N3O2. The molecule has 3 rings (SSSR count). The van der Waals surface area contributed by atoms with Gasteiger partial charge in [0.05, 0.1) is 29.7 Å². The van der Waals surface area contributed by atoms with Crippen molar-refractivity contribution in [2.24, 2.45) is 0 Å². The molecule has 2 N–H and O–H groups in total. The Morgan fingerprint density at radius 3 is 3.00 bits per heavy atom. The summed E-state index contributed by atoms with van der Waals surface area (Å²) in [5, 5.41) is 0. The number of carbonyl (C=O) groups excluding carboxylic acids is 1. The van der Waals surface area contributed by atoms with Gasteiger partial charge in [-0.2, -0.15) is 0 Å². The fraction of sp³-hybridized carbons (Fsp3) is 0.200. The monoisotopic (exact) mass is 269 g/mol. The number of carbonyl (C=O) groups is 1. The molecule has 5 nitrogen and oxygen atoms in total. The SMILES string of the molecule is Nc1cnccc1C(=O)N1CCCOc2ccccc21. The Hall–Kier alpha value is -2.56. The van der Waals surface area contributed by atoms with Crippen LogP contribution in [0.25, 0.3) is 0 Å². The van der Waals surface area contributed by atoms with Crippen LogP contribution in [-0.4, -0.2) is 24.0 Å². The molecule has 0 bridgehead atoms. The molecule has 0 radical (unpaired) electrons. The Bertz CT molecular complexity index is 643. The number of fused-ring (bicyclic) bond motifs is 1. The third-order valence-corrected chi connectivity index (χ3v) is 3.27. The number of anilines is 2. The van der Waals surface area contributed by atoms with Gasteiger partial charge in [-0.1, -0.05) is 12.1 Å². The van der Waals surface area contributed by atoms with Gasteiger partial charge >= 0.3 is 0 Å². The minimum absolute atomic E-state index is 0.122. The number of nitrogens with two attached hydrogens (primary N) is 1. The molecule has 2 heterocycles. The predicted octanol–water partition coefficient (Wildman–Crippen LogP) is 2.09. The number of nitrogens with zero attached hydrogens (tertiary/aromatic N) is 2. The lowest BCUT2D eigenvalue weighted by atomic mass is 10.1. The summed E-state index contributed by atoms with van der Waals surface area (Å²) < 4.78 is 5.66. The first-order chi connectivity index (χ1) is 9.77. The summed E-state index contributed by atoms with van der Waals surface area (Å²) in [6.45, 7) is 1.21. The molecule has 1 aromatic carbocycles. The van der Waals surface area contributed by atoms with Crippen molar-refractivity contribution in [1.29, 1.82) is 0 Å². The molecule has 0 fully saturated rings. The number of para-hydroxylation sites is 2. The summed E-state index contributed by atoms with van der Waals surface area (Å²) in [4.78, 5) is 18.3. The van der Waals surface area contributed by atoms with E-state index in [0.717, 1.165) is 17.9 Å². The average molecular weight is 269 g/mol. The lowest BCUT2D eigenvalue weighted by Gasteiger charge is -2.22. The molecule has 5 heteroatoms. The van der Waals surface area contributed by atoms with Crippen molar-refractivity contribution in [2.45, 2.75) is 6.42 Å². The highest BCUT2D eigenvalue weighted by molar-refractivity contribution is 6.09. The number of rotatable bonds is 1. The summed E-state index contributed by atoms with van der Waals surface area (Å²) in [5.74, 6) is 0.605. The van der Waals surface area contributed by atoms with E-state index in [1.165, 1.54) is 6.20 Å². The van der Waals surface area contributed by atoms with Crippen LogP contribution >= 0.6 is 0 Å². The van der Waals surface area contributed by atoms with E-state index in [2.05, 4.69) is 4.98 Å². The highest BCUT2D eigenvalue weighted by atomic mass is 16.5. The highest BCUT2D eigenvalue weighted by Crippen LogP contribution is 2.32. The molecule has 0 saturated heterocycles. The van der Waals surface area contributed by atoms with Crippen LogP contribution in [0.4, 0.5) is 11.4 Å². The van der Waals surface area contributed by atoms with Crippen molar-refractivity contribution in [3.63, 3.8) is 0 Å². The zero-order valence-electron chi connectivity index (χ0n) is 11.0. The Balaban J connectivity index is 2.02. The third-order valence-electron chi connectivity index (χ3n) is 3.27. The Kier molecular flexibility index (Phi) is 3.25. The summed E-state index contributed by atoms with van der Waals surface area (Å²) in [7, 11) is 0. The molecule has 0 aliphatic carbocycles. The van der Waals surface area contributed by atoms with Crippen LogP contribution in [0.3, 0.4) is 0 Å². The lowest BCUT2D eigenvalue weighted by Crippen LogP contribution is -2.32. The molecule has 1 amide bonds. The summed E-state index contributed by atoms with van der Waals surface area (Å²) in [6.07, 6.45) is 3.85. The number of hydrogen-bond acceptors (Lipinski definition) is 4. The fourth-order valence-corrected chi connectivity index (χ4v) is 2.29. The molecule has 1 aliphatic rings. The van der Waals surface area contributed by atoms with Gasteiger partial charge in [-0.25, -0.2) is 0 Å². The second-order valence-corrected chi connectivity index (χ2v) is 4.59. The first-order valence-electron chi connectivity index (χ1n) is 6.50. The molecule has 0 unspecified atom stereocenters. The van der Waals surface area contributed by atoms with Crippen LogP contribution < -0.4 is 15.4 Å². The van der Waals surface area contributed by atoms with Crippen LogP contribution in [0.2, 0.25) is 0 Å². The van der Waals surface area contributed by atoms with Gasteiger partial charge in [0.25, 0.3) is 5.91 Å². The van der Waals surface area contributed by atoms with Gasteiger partial charge in [-0.05, 0) is 24.6 Å². The average Bonchev–Trinajstić information content (AvgIpc) is 2.69. The van der Waals surface area contributed by atoms with Crippen LogP contribution in [0, 0.1) is 0 Å². The van der Waals surface area contributed by atoms with Crippen molar-refractivity contribution in [3.8, 4) is 5.75 Å². The van der Waals surface area contributed by atoms with Gasteiger partial charge in [-0.15, -0.1) is 0 Å². The molecule has 102 valence electrons. The number of benzene rings is 1. The maximum absolute atomic E-state index is 12.7. The quantitative estimate of drug-likeness (QED) is 0.860. The van der Waals surface area contributed by atoms with E-state index in [9.17, 15) is 4.79 Å². The van der Waals surface area contributed by atoms with Crippen molar-refractivity contribution in [3.05, 3.63) is 48.3 Å². The van der Waals surface area contributed by atoms with Crippen LogP contribution in [-0.2, 0) is 0 Å². The van der Waals surface area contributed by atoms with E-state index in [-0.39, 0.29) is 5.91 Å². The number of nitrogen functional groups attached to an aromatic ring is 1. The van der Waals surface area contributed by atoms with Gasteiger partial charge in [0.2, 0.25) is 0 Å². The molecule has 0 spiro atoms. The maximum Gasteiger partial charge on any atom is 0.260 e. The molecule has 0 saturated carbocycles. The molecule has 2 aromatic rings. The van der Waals surface area contributed by atoms with Gasteiger partial charge in [0.1, 0.15) is 5.75 Å². The number of aromatic nitrogens is 1. The zero-order valence-corrected chi connectivity index (χ0v) is 11.0. The van der Waals surface area contributed by atoms with Crippen LogP contribution in [0.1, 0.15) is 16.8 Å². The predicted molar refractivity (Wildman–Crippen MR) is 76.9 cm³/mol. The summed E-state index contributed by atoms with van der Waals surface area (Å²) >= 11 is 0. The molecular weight excluding hydrogens is 254 g/mol. The lowest BCUT2D eigenvalue weighted by molar-refractivity contribution is 0.0988. The Morgan fingerprint density at radius 1 is 1.30 bits per heavy atom. The van der Waals surface area contributed by atoms with Crippen molar-refractivity contribution >= 4 is 17.3 Å². The molecule has 20 heavy (non-hydrogen) atoms. The Labute approximate surface area is 117 Å². The summed E-state index contributed by atoms with van der Waals surface area (Å²) in [5.41, 5.74) is 7.49. The second kappa shape index (κ2) is 5.21. The highest BCUT2D eigenvalue weighted by Gasteiger charge is 2.24. The van der Waals surface area contributed by atoms with Crippen LogP contribution in [0.5, 0.6) is 5.75 Å². The van der Waals surface area contributed by atoms with E-state index in [1.54, 1.807) is 17.2 Å². The van der Waals surface area contributed by atoms with Gasteiger partial charge in [0.15, 0.2) is 0 Å². The van der Waals surface area contributed by atoms with Crippen molar-refractivity contribution in [2.75, 3.05) is 23.8 Å². The summed E-state index contributed by atoms with van der Waals surface area (Å²) in [6, 6.07) is 9.19. The van der Waals surface area contributed by atoms with Gasteiger partial charge < -0.3 is 15.4 Å². The van der Waals surface area contributed by atoms with E-state index in [0.29, 0.717) is 24.4 Å². The smallest absolute Gasteiger partial charge is 0.260 e. The van der Waals surface area contributed by atoms with Gasteiger partial charge in [-0.3, -0.25) is 9.78 Å². The molecule has 1 aliphatic heterocycles. The van der Waals surface area contributed by atoms with E-state index in [1.807, 2.05) is 24.3 Å². The largest absolute Gasteiger partial charge is 0.491 e. The van der Waals surface area contributed by atoms with E-state index >= 15 is 0 Å². The fourth-order valence-electron chi connectivity index (χ4n) is 2.29. The second-order valence-electron chi connectivity index (χ2n) is 4.59. The van der Waals surface area contributed by atoms with Gasteiger partial charge in [0, 0.05) is 12.7 Å². The molecule has 1 aromatic heterocycles. The standard InChI is InChI=1S/C15H15N3O2/c16-12-10-17-7-6-11(12)15(19)18-8-3-9-20-14-5-2-1-4-13(14)18/h1-2,4-7,10H,3,8-9,16H2. The van der Waals surface area contributed by atoms with E-state index < -0.39 is 0 Å². The van der Waals surface area contributed by atoms with Crippen LogP contribution in [0.15, 0.2) is 42.7 Å². The number of pyridine rings is 1. The normalized spacial score (nSPS) is 14.1. The number of ether oxygens (including phenoxy) is 1. The Morgan fingerprint density at radius 2 is 2.15 bits per heavy atom. The van der Waals surface area contributed by atoms with E-state index in [4.69, 9.17) is 10.5 Å². The number of hydrogen-bond donors (Lipinski definition) is 1. The topological polar surface area (TPSA) is 68.5 Å². The number of amides is 1. The minimum atomic E-state index is -0.122. The first-order valence-corrected chi connectivity index (χ1v) is 6.50.